The molecule has 25 heavy (non-hydrogen) atoms. The van der Waals surface area contributed by atoms with Gasteiger partial charge in [0.25, 0.3) is 0 Å². The number of rotatable bonds is 10. The maximum atomic E-state index is 2.48. The molecule has 2 rings (SSSR count). The third kappa shape index (κ3) is 6.82. The first-order chi connectivity index (χ1) is 11.2. The molecular formula is C22H34Cl2Zr. The third-order valence-corrected chi connectivity index (χ3v) is 9.28. The van der Waals surface area contributed by atoms with Crippen LogP contribution in [0.2, 0.25) is 0 Å². The van der Waals surface area contributed by atoms with Gasteiger partial charge in [-0.2, -0.15) is 0 Å². The van der Waals surface area contributed by atoms with Crippen molar-refractivity contribution in [2.45, 2.75) is 79.1 Å². The minimum atomic E-state index is -0.562. The summed E-state index contributed by atoms with van der Waals surface area (Å²) in [5, 5.41) is 0. The fourth-order valence-corrected chi connectivity index (χ4v) is 8.19. The van der Waals surface area contributed by atoms with Crippen LogP contribution in [0.25, 0.3) is 0 Å². The van der Waals surface area contributed by atoms with E-state index in [1.165, 1.54) is 51.4 Å². The minimum Gasteiger partial charge on any atom is -1.00 e. The van der Waals surface area contributed by atoms with Crippen molar-refractivity contribution < 1.29 is 48.0 Å². The first kappa shape index (κ1) is 25.4. The molecule has 0 nitrogen and oxygen atoms in total. The van der Waals surface area contributed by atoms with E-state index in [1.807, 2.05) is 6.56 Å². The Morgan fingerprint density at radius 3 is 1.48 bits per heavy atom. The molecule has 0 amide bonds. The van der Waals surface area contributed by atoms with Gasteiger partial charge in [0.15, 0.2) is 0 Å². The second kappa shape index (κ2) is 13.6. The molecule has 0 radical (unpaired) electrons. The molecule has 3 heteroatoms. The van der Waals surface area contributed by atoms with Crippen LogP contribution in [0.4, 0.5) is 0 Å². The maximum absolute atomic E-state index is 2.48. The number of allylic oxidation sites excluding steroid dienone is 8. The molecule has 2 aliphatic rings. The van der Waals surface area contributed by atoms with Crippen molar-refractivity contribution in [1.82, 2.24) is 0 Å². The standard InChI is InChI=1S/2C11H17.2ClH.Zr/c2*1-3-7-10(4-2)11-8-5-6-9-11;;;/h2*5,8,10H,3-4,6-7H2,1-2H3;2*1H;/q;;;;+2/p-2. The van der Waals surface area contributed by atoms with Crippen LogP contribution in [-0.4, -0.2) is 0 Å². The summed E-state index contributed by atoms with van der Waals surface area (Å²) in [6, 6.07) is 0. The van der Waals surface area contributed by atoms with Crippen LogP contribution in [0, 0.1) is 11.8 Å². The Labute approximate surface area is 180 Å². The van der Waals surface area contributed by atoms with Gasteiger partial charge in [-0.15, -0.1) is 0 Å². The second-order valence-corrected chi connectivity index (χ2v) is 10.6. The summed E-state index contributed by atoms with van der Waals surface area (Å²) in [6.07, 6.45) is 20.4. The van der Waals surface area contributed by atoms with Gasteiger partial charge < -0.3 is 24.8 Å². The van der Waals surface area contributed by atoms with Gasteiger partial charge in [0, 0.05) is 0 Å². The van der Waals surface area contributed by atoms with Crippen LogP contribution < -0.4 is 24.8 Å². The second-order valence-electron chi connectivity index (χ2n) is 6.99. The molecule has 0 aromatic heterocycles. The van der Waals surface area contributed by atoms with Crippen molar-refractivity contribution in [3.63, 3.8) is 0 Å². The van der Waals surface area contributed by atoms with E-state index in [-0.39, 0.29) is 24.8 Å². The Kier molecular flexibility index (Phi) is 13.8. The third-order valence-electron chi connectivity index (χ3n) is 5.38. The van der Waals surface area contributed by atoms with Crippen molar-refractivity contribution >= 4 is 0 Å². The first-order valence-corrected chi connectivity index (χ1v) is 12.3. The number of hydrogen-bond donors (Lipinski definition) is 0. The van der Waals surface area contributed by atoms with Crippen molar-refractivity contribution in [2.75, 3.05) is 0 Å². The summed E-state index contributed by atoms with van der Waals surface area (Å²) < 4.78 is 3.77. The Morgan fingerprint density at radius 2 is 1.16 bits per heavy atom. The van der Waals surface area contributed by atoms with Crippen LogP contribution in [-0.2, 0) is 23.2 Å². The van der Waals surface area contributed by atoms with Crippen LogP contribution in [0.15, 0.2) is 42.0 Å². The molecule has 0 spiro atoms. The van der Waals surface area contributed by atoms with Gasteiger partial charge in [0.05, 0.1) is 0 Å². The van der Waals surface area contributed by atoms with Crippen molar-refractivity contribution in [3.8, 4) is 0 Å². The SMILES string of the molecule is CCCC(CC)C1=[C]([Zr+2][C]2=C(C(CC)CCC)C=CC2)CC=C1.[Cl-].[Cl-]. The molecule has 140 valence electrons. The molecule has 0 saturated carbocycles. The normalized spacial score (nSPS) is 18.1. The van der Waals surface area contributed by atoms with E-state index in [4.69, 9.17) is 0 Å². The van der Waals surface area contributed by atoms with E-state index in [9.17, 15) is 0 Å². The van der Waals surface area contributed by atoms with Crippen molar-refractivity contribution in [1.29, 1.82) is 0 Å². The Balaban J connectivity index is 0.00000288. The van der Waals surface area contributed by atoms with E-state index < -0.39 is 23.2 Å². The molecule has 0 bridgehead atoms. The summed E-state index contributed by atoms with van der Waals surface area (Å²) >= 11 is -0.562. The van der Waals surface area contributed by atoms with Gasteiger partial charge >= 0.3 is 156 Å². The molecule has 0 fully saturated rings. The van der Waals surface area contributed by atoms with Crippen LogP contribution in [0.3, 0.4) is 0 Å². The maximum Gasteiger partial charge on any atom is -1.00 e. The van der Waals surface area contributed by atoms with Gasteiger partial charge in [0.1, 0.15) is 0 Å². The van der Waals surface area contributed by atoms with E-state index in [2.05, 4.69) is 52.0 Å². The Morgan fingerprint density at radius 1 is 0.760 bits per heavy atom. The van der Waals surface area contributed by atoms with Crippen molar-refractivity contribution in [3.05, 3.63) is 42.0 Å². The summed E-state index contributed by atoms with van der Waals surface area (Å²) in [7, 11) is 0. The summed E-state index contributed by atoms with van der Waals surface area (Å²) in [5.41, 5.74) is 3.51. The van der Waals surface area contributed by atoms with Gasteiger partial charge in [0.2, 0.25) is 0 Å². The van der Waals surface area contributed by atoms with E-state index in [1.54, 1.807) is 11.1 Å². The van der Waals surface area contributed by atoms with E-state index in [0.717, 1.165) is 11.8 Å². The smallest absolute Gasteiger partial charge is 1.00 e. The van der Waals surface area contributed by atoms with Crippen LogP contribution in [0.1, 0.15) is 79.1 Å². The first-order valence-electron chi connectivity index (χ1n) is 9.81. The Bertz CT molecular complexity index is 468. The zero-order valence-corrected chi connectivity index (χ0v) is 20.3. The van der Waals surface area contributed by atoms with Gasteiger partial charge in [-0.1, -0.05) is 0 Å². The molecule has 2 unspecified atom stereocenters. The molecule has 0 aliphatic heterocycles. The predicted octanol–water partition coefficient (Wildman–Crippen LogP) is 1.16. The largest absolute Gasteiger partial charge is 1.00 e. The molecule has 0 N–H and O–H groups in total. The molecule has 2 atom stereocenters. The quantitative estimate of drug-likeness (QED) is 0.459. The van der Waals surface area contributed by atoms with Crippen molar-refractivity contribution in [2.24, 2.45) is 11.8 Å². The van der Waals surface area contributed by atoms with E-state index in [0.29, 0.717) is 0 Å². The molecular weight excluding hydrogens is 426 g/mol. The zero-order valence-electron chi connectivity index (χ0n) is 16.4. The molecule has 0 saturated heterocycles. The summed E-state index contributed by atoms with van der Waals surface area (Å²) in [6.45, 7) is 9.41. The van der Waals surface area contributed by atoms with Crippen LogP contribution in [0.5, 0.6) is 0 Å². The average Bonchev–Trinajstić information content (AvgIpc) is 3.20. The van der Waals surface area contributed by atoms with E-state index >= 15 is 0 Å². The number of hydrogen-bond acceptors (Lipinski definition) is 0. The molecule has 2 aliphatic carbocycles. The minimum absolute atomic E-state index is 0. The topological polar surface area (TPSA) is 0 Å². The fourth-order valence-electron chi connectivity index (χ4n) is 4.09. The van der Waals surface area contributed by atoms with Crippen LogP contribution >= 0.6 is 0 Å². The Hall–Kier alpha value is 0.423. The van der Waals surface area contributed by atoms with Gasteiger partial charge in [-0.05, 0) is 0 Å². The molecule has 0 aromatic carbocycles. The average molecular weight is 461 g/mol. The predicted molar refractivity (Wildman–Crippen MR) is 98.9 cm³/mol. The zero-order chi connectivity index (χ0) is 16.7. The van der Waals surface area contributed by atoms with Gasteiger partial charge in [-0.25, -0.2) is 0 Å². The summed E-state index contributed by atoms with van der Waals surface area (Å²) in [5.74, 6) is 1.65. The monoisotopic (exact) mass is 458 g/mol. The molecule has 0 aromatic rings. The fraction of sp³-hybridized carbons (Fsp3) is 0.636. The molecule has 0 heterocycles. The summed E-state index contributed by atoms with van der Waals surface area (Å²) in [4.78, 5) is 0. The number of halogens is 2. The van der Waals surface area contributed by atoms with Gasteiger partial charge in [-0.3, -0.25) is 0 Å².